The van der Waals surface area contributed by atoms with Crippen LogP contribution in [-0.4, -0.2) is 24.5 Å². The molecule has 3 rings (SSSR count). The molecule has 1 heterocycles. The quantitative estimate of drug-likeness (QED) is 0.673. The van der Waals surface area contributed by atoms with Crippen LogP contribution in [0.5, 0.6) is 11.5 Å². The highest BCUT2D eigenvalue weighted by molar-refractivity contribution is 6.34. The molecule has 0 radical (unpaired) electrons. The van der Waals surface area contributed by atoms with Gasteiger partial charge in [-0.05, 0) is 50.3 Å². The largest absolute Gasteiger partial charge is 0.493 e. The van der Waals surface area contributed by atoms with Crippen molar-refractivity contribution >= 4 is 40.9 Å². The van der Waals surface area contributed by atoms with Gasteiger partial charge in [-0.3, -0.25) is 9.59 Å². The van der Waals surface area contributed by atoms with Crippen molar-refractivity contribution in [3.63, 3.8) is 0 Å². The van der Waals surface area contributed by atoms with E-state index in [0.29, 0.717) is 28.8 Å². The van der Waals surface area contributed by atoms with Crippen molar-refractivity contribution in [1.29, 1.82) is 0 Å². The highest BCUT2D eigenvalue weighted by Crippen LogP contribution is 2.35. The lowest BCUT2D eigenvalue weighted by molar-refractivity contribution is -0.114. The first kappa shape index (κ1) is 20.7. The highest BCUT2D eigenvalue weighted by Gasteiger charge is 2.21. The third-order valence-corrected chi connectivity index (χ3v) is 4.62. The lowest BCUT2D eigenvalue weighted by atomic mass is 10.1. The van der Waals surface area contributed by atoms with Crippen LogP contribution < -0.4 is 20.1 Å². The third-order valence-electron chi connectivity index (χ3n) is 4.29. The van der Waals surface area contributed by atoms with E-state index in [1.807, 2.05) is 26.0 Å². The number of benzene rings is 2. The molecule has 6 nitrogen and oxygen atoms in total. The summed E-state index contributed by atoms with van der Waals surface area (Å²) in [5.41, 5.74) is 2.81. The summed E-state index contributed by atoms with van der Waals surface area (Å²) in [7, 11) is 0. The maximum absolute atomic E-state index is 12.4. The molecule has 2 amide bonds. The molecule has 152 valence electrons. The van der Waals surface area contributed by atoms with Gasteiger partial charge in [0.15, 0.2) is 0 Å². The molecule has 1 aliphatic heterocycles. The molecule has 2 aromatic rings. The molecule has 29 heavy (non-hydrogen) atoms. The molecule has 2 N–H and O–H groups in total. The minimum atomic E-state index is -0.357. The molecule has 0 fully saturated rings. The van der Waals surface area contributed by atoms with Gasteiger partial charge in [0, 0.05) is 36.2 Å². The van der Waals surface area contributed by atoms with Crippen molar-refractivity contribution in [2.45, 2.75) is 33.3 Å². The number of rotatable bonds is 6. The lowest BCUT2D eigenvalue weighted by Crippen LogP contribution is -2.10. The second-order valence-corrected chi connectivity index (χ2v) is 7.17. The maximum Gasteiger partial charge on any atom is 0.248 e. The Morgan fingerprint density at radius 3 is 2.79 bits per heavy atom. The van der Waals surface area contributed by atoms with Gasteiger partial charge < -0.3 is 20.1 Å². The van der Waals surface area contributed by atoms with E-state index in [-0.39, 0.29) is 17.9 Å². The summed E-state index contributed by atoms with van der Waals surface area (Å²) < 4.78 is 11.5. The molecule has 7 heteroatoms. The van der Waals surface area contributed by atoms with Gasteiger partial charge in [-0.2, -0.15) is 0 Å². The fraction of sp³-hybridized carbons (Fsp3) is 0.273. The Bertz CT molecular complexity index is 972. The lowest BCUT2D eigenvalue weighted by Gasteiger charge is -2.10. The Morgan fingerprint density at radius 2 is 2.07 bits per heavy atom. The van der Waals surface area contributed by atoms with Crippen LogP contribution in [0.1, 0.15) is 31.9 Å². The van der Waals surface area contributed by atoms with Crippen LogP contribution in [0.2, 0.25) is 5.02 Å². The first-order valence-electron chi connectivity index (χ1n) is 9.38. The number of halogens is 1. The Labute approximate surface area is 174 Å². The van der Waals surface area contributed by atoms with Crippen molar-refractivity contribution in [3.05, 3.63) is 52.6 Å². The second-order valence-electron chi connectivity index (χ2n) is 6.76. The summed E-state index contributed by atoms with van der Waals surface area (Å²) in [6.07, 6.45) is 4.05. The molecule has 0 saturated heterocycles. The molecule has 1 atom stereocenters. The van der Waals surface area contributed by atoms with Crippen molar-refractivity contribution in [2.24, 2.45) is 0 Å². The first-order chi connectivity index (χ1) is 13.9. The van der Waals surface area contributed by atoms with Crippen LogP contribution in [0.25, 0.3) is 6.08 Å². The summed E-state index contributed by atoms with van der Waals surface area (Å²) in [6.45, 7) is 5.86. The van der Waals surface area contributed by atoms with Crippen LogP contribution in [-0.2, 0) is 16.0 Å². The van der Waals surface area contributed by atoms with Gasteiger partial charge in [0.25, 0.3) is 0 Å². The number of fused-ring (bicyclic) bond motifs is 1. The summed E-state index contributed by atoms with van der Waals surface area (Å²) in [5.74, 6) is 0.955. The number of carbonyl (C=O) groups is 2. The smallest absolute Gasteiger partial charge is 0.248 e. The third kappa shape index (κ3) is 5.29. The number of nitrogens with one attached hydrogen (secondary N) is 2. The van der Waals surface area contributed by atoms with Crippen LogP contribution in [0.4, 0.5) is 11.4 Å². The van der Waals surface area contributed by atoms with Crippen LogP contribution in [0.15, 0.2) is 36.4 Å². The number of carbonyl (C=O) groups excluding carboxylic acids is 2. The molecule has 0 bridgehead atoms. The predicted molar refractivity (Wildman–Crippen MR) is 115 cm³/mol. The van der Waals surface area contributed by atoms with E-state index in [9.17, 15) is 9.59 Å². The molecular formula is C22H23ClN2O4. The van der Waals surface area contributed by atoms with Gasteiger partial charge in [0.05, 0.1) is 17.3 Å². The van der Waals surface area contributed by atoms with Crippen molar-refractivity contribution in [1.82, 2.24) is 0 Å². The minimum absolute atomic E-state index is 0.125. The predicted octanol–water partition coefficient (Wildman–Crippen LogP) is 4.67. The SMILES string of the molecule is CCOc1cc2c(cc1/C=C/C(=O)Nc1cc(NC(C)=O)ccc1Cl)OC(C)C2. The average molecular weight is 415 g/mol. The molecule has 1 unspecified atom stereocenters. The summed E-state index contributed by atoms with van der Waals surface area (Å²) in [4.78, 5) is 23.6. The number of amides is 2. The zero-order chi connectivity index (χ0) is 21.0. The van der Waals surface area contributed by atoms with Crippen molar-refractivity contribution in [2.75, 3.05) is 17.2 Å². The van der Waals surface area contributed by atoms with Gasteiger partial charge in [-0.25, -0.2) is 0 Å². The fourth-order valence-electron chi connectivity index (χ4n) is 3.11. The molecule has 0 saturated carbocycles. The zero-order valence-corrected chi connectivity index (χ0v) is 17.3. The first-order valence-corrected chi connectivity index (χ1v) is 9.76. The fourth-order valence-corrected chi connectivity index (χ4v) is 3.27. The highest BCUT2D eigenvalue weighted by atomic mass is 35.5. The van der Waals surface area contributed by atoms with Gasteiger partial charge >= 0.3 is 0 Å². The van der Waals surface area contributed by atoms with Crippen LogP contribution in [0.3, 0.4) is 0 Å². The Morgan fingerprint density at radius 1 is 1.28 bits per heavy atom. The standard InChI is InChI=1S/C22H23ClN2O4/c1-4-28-20-11-16-9-13(2)29-21(16)10-15(20)5-8-22(27)25-19-12-17(24-14(3)26)6-7-18(19)23/h5-8,10-13H,4,9H2,1-3H3,(H,24,26)(H,25,27)/b8-5+. The Hall–Kier alpha value is -2.99. The summed E-state index contributed by atoms with van der Waals surface area (Å²) in [6, 6.07) is 8.73. The number of ether oxygens (including phenoxy) is 2. The van der Waals surface area contributed by atoms with Crippen LogP contribution in [0, 0.1) is 0 Å². The minimum Gasteiger partial charge on any atom is -0.493 e. The van der Waals surface area contributed by atoms with E-state index < -0.39 is 0 Å². The van der Waals surface area contributed by atoms with E-state index in [4.69, 9.17) is 21.1 Å². The van der Waals surface area contributed by atoms with Gasteiger partial charge in [0.2, 0.25) is 11.8 Å². The molecular weight excluding hydrogens is 392 g/mol. The number of hydrogen-bond donors (Lipinski definition) is 2. The summed E-state index contributed by atoms with van der Waals surface area (Å²) >= 11 is 6.15. The van der Waals surface area contributed by atoms with Crippen molar-refractivity contribution in [3.8, 4) is 11.5 Å². The second kappa shape index (κ2) is 9.01. The number of hydrogen-bond acceptors (Lipinski definition) is 4. The summed E-state index contributed by atoms with van der Waals surface area (Å²) in [5, 5.41) is 5.75. The molecule has 2 aromatic carbocycles. The molecule has 0 spiro atoms. The molecule has 1 aliphatic rings. The van der Waals surface area contributed by atoms with Gasteiger partial charge in [-0.1, -0.05) is 11.6 Å². The zero-order valence-electron chi connectivity index (χ0n) is 16.5. The molecule has 0 aliphatic carbocycles. The monoisotopic (exact) mass is 414 g/mol. The van der Waals surface area contributed by atoms with Gasteiger partial charge in [-0.15, -0.1) is 0 Å². The Kier molecular flexibility index (Phi) is 6.44. The average Bonchev–Trinajstić information content (AvgIpc) is 3.01. The topological polar surface area (TPSA) is 76.7 Å². The van der Waals surface area contributed by atoms with Gasteiger partial charge in [0.1, 0.15) is 17.6 Å². The Balaban J connectivity index is 1.77. The van der Waals surface area contributed by atoms with E-state index >= 15 is 0 Å². The normalized spacial score (nSPS) is 15.0. The van der Waals surface area contributed by atoms with E-state index in [0.717, 1.165) is 23.3 Å². The van der Waals surface area contributed by atoms with E-state index in [2.05, 4.69) is 10.6 Å². The van der Waals surface area contributed by atoms with E-state index in [1.165, 1.54) is 13.0 Å². The number of anilines is 2. The van der Waals surface area contributed by atoms with Crippen molar-refractivity contribution < 1.29 is 19.1 Å². The van der Waals surface area contributed by atoms with Crippen LogP contribution >= 0.6 is 11.6 Å². The maximum atomic E-state index is 12.4. The molecule has 0 aromatic heterocycles. The van der Waals surface area contributed by atoms with E-state index in [1.54, 1.807) is 24.3 Å².